The number of rotatable bonds is 2. The molecular formula is C20H17ClN2O2. The average Bonchev–Trinajstić information content (AvgIpc) is 2.61. The van der Waals surface area contributed by atoms with Crippen molar-refractivity contribution in [1.82, 2.24) is 4.98 Å². The van der Waals surface area contributed by atoms with Crippen LogP contribution in [-0.4, -0.2) is 17.5 Å². The van der Waals surface area contributed by atoms with Crippen molar-refractivity contribution in [2.45, 2.75) is 12.8 Å². The van der Waals surface area contributed by atoms with Crippen LogP contribution in [0.4, 0.5) is 5.69 Å². The first-order chi connectivity index (χ1) is 12.1. The number of anilines is 1. The Hall–Kier alpha value is -2.59. The van der Waals surface area contributed by atoms with Gasteiger partial charge in [0.2, 0.25) is 5.91 Å². The number of amides is 1. The molecule has 0 radical (unpaired) electrons. The molecule has 2 atom stereocenters. The Morgan fingerprint density at radius 1 is 1.24 bits per heavy atom. The van der Waals surface area contributed by atoms with Crippen LogP contribution in [0.15, 0.2) is 54.9 Å². The first-order valence-corrected chi connectivity index (χ1v) is 8.57. The summed E-state index contributed by atoms with van der Waals surface area (Å²) >= 11 is 6.14. The second-order valence-electron chi connectivity index (χ2n) is 6.35. The van der Waals surface area contributed by atoms with Crippen LogP contribution in [-0.2, 0) is 4.79 Å². The van der Waals surface area contributed by atoms with Gasteiger partial charge in [0, 0.05) is 33.5 Å². The van der Waals surface area contributed by atoms with Crippen LogP contribution < -0.4 is 10.1 Å². The standard InChI is InChI=1S/C20H17ClN2O2/c1-12-11-25-18-7-6-14(21)8-16(18)19(12)20(24)23-17-10-22-9-13-4-2-3-5-15(13)17/h2-10,12,19H,11H2,1H3,(H,23,24)/t12-,19-/m0/s1. The minimum atomic E-state index is -0.318. The van der Waals surface area contributed by atoms with Crippen LogP contribution in [0.5, 0.6) is 5.75 Å². The van der Waals surface area contributed by atoms with E-state index in [0.29, 0.717) is 17.3 Å². The number of benzene rings is 2. The van der Waals surface area contributed by atoms with Gasteiger partial charge in [0.25, 0.3) is 0 Å². The summed E-state index contributed by atoms with van der Waals surface area (Å²) < 4.78 is 5.74. The number of carbonyl (C=O) groups is 1. The number of nitrogens with zero attached hydrogens (tertiary/aromatic N) is 1. The fourth-order valence-corrected chi connectivity index (χ4v) is 3.52. The lowest BCUT2D eigenvalue weighted by atomic mass is 9.84. The zero-order valence-corrected chi connectivity index (χ0v) is 14.5. The Morgan fingerprint density at radius 3 is 2.96 bits per heavy atom. The minimum Gasteiger partial charge on any atom is -0.493 e. The maximum Gasteiger partial charge on any atom is 0.232 e. The van der Waals surface area contributed by atoms with E-state index in [1.165, 1.54) is 0 Å². The van der Waals surface area contributed by atoms with Gasteiger partial charge in [0.1, 0.15) is 5.75 Å². The quantitative estimate of drug-likeness (QED) is 0.731. The lowest BCUT2D eigenvalue weighted by Crippen LogP contribution is -2.33. The smallest absolute Gasteiger partial charge is 0.232 e. The number of fused-ring (bicyclic) bond motifs is 2. The normalized spacial score (nSPS) is 19.1. The molecule has 2 aromatic carbocycles. The molecule has 1 aliphatic heterocycles. The predicted molar refractivity (Wildman–Crippen MR) is 99.2 cm³/mol. The highest BCUT2D eigenvalue weighted by Crippen LogP contribution is 2.39. The summed E-state index contributed by atoms with van der Waals surface area (Å²) in [5.74, 6) is 0.381. The van der Waals surface area contributed by atoms with Gasteiger partial charge in [0.05, 0.1) is 24.4 Å². The van der Waals surface area contributed by atoms with Crippen molar-refractivity contribution >= 4 is 34.0 Å². The fraction of sp³-hybridized carbons (Fsp3) is 0.200. The van der Waals surface area contributed by atoms with E-state index in [4.69, 9.17) is 16.3 Å². The van der Waals surface area contributed by atoms with E-state index < -0.39 is 0 Å². The molecule has 0 bridgehead atoms. The maximum atomic E-state index is 13.1. The maximum absolute atomic E-state index is 13.1. The van der Waals surface area contributed by atoms with Gasteiger partial charge in [-0.1, -0.05) is 42.8 Å². The second kappa shape index (κ2) is 6.37. The Morgan fingerprint density at radius 2 is 2.08 bits per heavy atom. The lowest BCUT2D eigenvalue weighted by molar-refractivity contribution is -0.119. The van der Waals surface area contributed by atoms with Crippen LogP contribution in [0.25, 0.3) is 10.8 Å². The molecule has 0 saturated heterocycles. The Labute approximate surface area is 150 Å². The van der Waals surface area contributed by atoms with Gasteiger partial charge < -0.3 is 10.1 Å². The third-order valence-corrected chi connectivity index (χ3v) is 4.82. The molecule has 1 aromatic heterocycles. The molecule has 3 aromatic rings. The molecule has 4 rings (SSSR count). The van der Waals surface area contributed by atoms with Gasteiger partial charge in [-0.15, -0.1) is 0 Å². The van der Waals surface area contributed by atoms with E-state index in [9.17, 15) is 4.79 Å². The molecule has 1 N–H and O–H groups in total. The SMILES string of the molecule is C[C@H]1COc2ccc(Cl)cc2[C@H]1C(=O)Nc1cncc2ccccc12. The molecule has 1 amide bonds. The van der Waals surface area contributed by atoms with Crippen LogP contribution in [0.3, 0.4) is 0 Å². The third-order valence-electron chi connectivity index (χ3n) is 4.59. The van der Waals surface area contributed by atoms with Gasteiger partial charge in [-0.3, -0.25) is 9.78 Å². The number of carbonyl (C=O) groups excluding carboxylic acids is 1. The summed E-state index contributed by atoms with van der Waals surface area (Å²) in [5, 5.41) is 5.60. The summed E-state index contributed by atoms with van der Waals surface area (Å²) in [5.41, 5.74) is 1.54. The molecule has 2 heterocycles. The van der Waals surface area contributed by atoms with Crippen molar-refractivity contribution in [1.29, 1.82) is 0 Å². The summed E-state index contributed by atoms with van der Waals surface area (Å²) in [6.45, 7) is 2.51. The number of nitrogens with one attached hydrogen (secondary N) is 1. The van der Waals surface area contributed by atoms with Crippen molar-refractivity contribution in [3.8, 4) is 5.75 Å². The monoisotopic (exact) mass is 352 g/mol. The Kier molecular flexibility index (Phi) is 4.06. The highest BCUT2D eigenvalue weighted by atomic mass is 35.5. The van der Waals surface area contributed by atoms with Crippen LogP contribution >= 0.6 is 11.6 Å². The molecule has 0 aliphatic carbocycles. The molecule has 126 valence electrons. The minimum absolute atomic E-state index is 0.0499. The number of pyridine rings is 1. The summed E-state index contributed by atoms with van der Waals surface area (Å²) in [6, 6.07) is 13.3. The van der Waals surface area contributed by atoms with Crippen LogP contribution in [0.2, 0.25) is 5.02 Å². The molecule has 4 nitrogen and oxygen atoms in total. The molecule has 0 spiro atoms. The van der Waals surface area contributed by atoms with Crippen molar-refractivity contribution in [3.63, 3.8) is 0 Å². The fourth-order valence-electron chi connectivity index (χ4n) is 3.34. The van der Waals surface area contributed by atoms with Crippen molar-refractivity contribution in [3.05, 3.63) is 65.4 Å². The van der Waals surface area contributed by atoms with Gasteiger partial charge in [-0.25, -0.2) is 0 Å². The number of aromatic nitrogens is 1. The van der Waals surface area contributed by atoms with E-state index in [0.717, 1.165) is 22.1 Å². The predicted octanol–water partition coefficient (Wildman–Crippen LogP) is 4.64. The Balaban J connectivity index is 1.70. The van der Waals surface area contributed by atoms with Crippen molar-refractivity contribution < 1.29 is 9.53 Å². The number of ether oxygens (including phenoxy) is 1. The number of hydrogen-bond donors (Lipinski definition) is 1. The molecular weight excluding hydrogens is 336 g/mol. The topological polar surface area (TPSA) is 51.2 Å². The van der Waals surface area contributed by atoms with Gasteiger partial charge in [0.15, 0.2) is 0 Å². The van der Waals surface area contributed by atoms with Crippen molar-refractivity contribution in [2.24, 2.45) is 5.92 Å². The van der Waals surface area contributed by atoms with E-state index in [1.807, 2.05) is 43.3 Å². The van der Waals surface area contributed by atoms with Gasteiger partial charge >= 0.3 is 0 Å². The van der Waals surface area contributed by atoms with E-state index in [1.54, 1.807) is 18.5 Å². The highest BCUT2D eigenvalue weighted by molar-refractivity contribution is 6.30. The molecule has 0 saturated carbocycles. The largest absolute Gasteiger partial charge is 0.493 e. The Bertz CT molecular complexity index is 952. The molecule has 0 fully saturated rings. The van der Waals surface area contributed by atoms with Crippen LogP contribution in [0, 0.1) is 5.92 Å². The van der Waals surface area contributed by atoms with Crippen molar-refractivity contribution in [2.75, 3.05) is 11.9 Å². The molecule has 5 heteroatoms. The zero-order chi connectivity index (χ0) is 17.4. The number of hydrogen-bond acceptors (Lipinski definition) is 3. The summed E-state index contributed by atoms with van der Waals surface area (Å²) in [7, 11) is 0. The second-order valence-corrected chi connectivity index (χ2v) is 6.78. The van der Waals surface area contributed by atoms with E-state index in [2.05, 4.69) is 10.3 Å². The number of halogens is 1. The van der Waals surface area contributed by atoms with E-state index >= 15 is 0 Å². The van der Waals surface area contributed by atoms with Crippen LogP contribution in [0.1, 0.15) is 18.4 Å². The third kappa shape index (κ3) is 2.94. The molecule has 0 unspecified atom stereocenters. The van der Waals surface area contributed by atoms with E-state index in [-0.39, 0.29) is 17.7 Å². The molecule has 1 aliphatic rings. The van der Waals surface area contributed by atoms with Gasteiger partial charge in [-0.05, 0) is 18.2 Å². The summed E-state index contributed by atoms with van der Waals surface area (Å²) in [6.07, 6.45) is 3.47. The first-order valence-electron chi connectivity index (χ1n) is 8.19. The first kappa shape index (κ1) is 15.9. The van der Waals surface area contributed by atoms with Gasteiger partial charge in [-0.2, -0.15) is 0 Å². The molecule has 25 heavy (non-hydrogen) atoms. The lowest BCUT2D eigenvalue weighted by Gasteiger charge is -2.30. The highest BCUT2D eigenvalue weighted by Gasteiger charge is 2.34. The average molecular weight is 353 g/mol. The summed E-state index contributed by atoms with van der Waals surface area (Å²) in [4.78, 5) is 17.3. The zero-order valence-electron chi connectivity index (χ0n) is 13.7.